The number of rotatable bonds is 5. The van der Waals surface area contributed by atoms with Crippen molar-refractivity contribution in [1.29, 1.82) is 0 Å². The molecule has 3 aromatic rings. The molecule has 0 amide bonds. The van der Waals surface area contributed by atoms with Crippen LogP contribution in [0.15, 0.2) is 55.1 Å². The van der Waals surface area contributed by atoms with E-state index < -0.39 is 0 Å². The number of nitrogen functional groups attached to an aromatic ring is 1. The molecule has 0 aliphatic heterocycles. The molecule has 2 heterocycles. The third-order valence-electron chi connectivity index (χ3n) is 3.56. The van der Waals surface area contributed by atoms with Crippen LogP contribution in [0.2, 0.25) is 0 Å². The molecule has 0 atom stereocenters. The van der Waals surface area contributed by atoms with Gasteiger partial charge in [-0.1, -0.05) is 12.1 Å². The van der Waals surface area contributed by atoms with Crippen molar-refractivity contribution in [2.45, 2.75) is 13.8 Å². The fourth-order valence-electron chi connectivity index (χ4n) is 2.44. The highest BCUT2D eigenvalue weighted by molar-refractivity contribution is 5.74. The molecule has 1 aromatic carbocycles. The third-order valence-corrected chi connectivity index (χ3v) is 3.56. The molecule has 24 heavy (non-hydrogen) atoms. The Hall–Kier alpha value is -3.15. The maximum absolute atomic E-state index is 6.27. The van der Waals surface area contributed by atoms with Gasteiger partial charge in [0.05, 0.1) is 6.20 Å². The van der Waals surface area contributed by atoms with Crippen molar-refractivity contribution in [3.63, 3.8) is 0 Å². The van der Waals surface area contributed by atoms with E-state index in [0.717, 1.165) is 12.2 Å². The van der Waals surface area contributed by atoms with Crippen molar-refractivity contribution in [2.24, 2.45) is 0 Å². The van der Waals surface area contributed by atoms with Gasteiger partial charge >= 0.3 is 0 Å². The van der Waals surface area contributed by atoms with Crippen LogP contribution in [-0.4, -0.2) is 21.5 Å². The Morgan fingerprint density at radius 1 is 1.17 bits per heavy atom. The molecule has 3 rings (SSSR count). The number of ether oxygens (including phenoxy) is 1. The molecule has 6 nitrogen and oxygen atoms in total. The van der Waals surface area contributed by atoms with Crippen LogP contribution >= 0.6 is 0 Å². The number of nitrogens with two attached hydrogens (primary N) is 1. The lowest BCUT2D eigenvalue weighted by atomic mass is 10.2. The fourth-order valence-corrected chi connectivity index (χ4v) is 2.44. The molecule has 122 valence electrons. The number of hydrogen-bond donors (Lipinski definition) is 1. The van der Waals surface area contributed by atoms with Crippen LogP contribution in [0.1, 0.15) is 12.5 Å². The van der Waals surface area contributed by atoms with E-state index in [0.29, 0.717) is 23.1 Å². The lowest BCUT2D eigenvalue weighted by molar-refractivity contribution is 0.462. The van der Waals surface area contributed by atoms with Crippen molar-refractivity contribution in [2.75, 3.05) is 17.2 Å². The van der Waals surface area contributed by atoms with E-state index in [2.05, 4.69) is 34.0 Å². The van der Waals surface area contributed by atoms with Crippen LogP contribution in [0.3, 0.4) is 0 Å². The van der Waals surface area contributed by atoms with E-state index in [9.17, 15) is 0 Å². The fraction of sp³-hybridized carbons (Fsp3) is 0.167. The van der Waals surface area contributed by atoms with Crippen molar-refractivity contribution in [3.05, 3.63) is 60.7 Å². The second-order valence-corrected chi connectivity index (χ2v) is 5.29. The number of aromatic nitrogens is 3. The predicted octanol–water partition coefficient (Wildman–Crippen LogP) is 3.71. The van der Waals surface area contributed by atoms with E-state index >= 15 is 0 Å². The molecule has 0 fully saturated rings. The van der Waals surface area contributed by atoms with E-state index in [1.165, 1.54) is 11.9 Å². The molecule has 2 N–H and O–H groups in total. The predicted molar refractivity (Wildman–Crippen MR) is 94.6 cm³/mol. The zero-order valence-corrected chi connectivity index (χ0v) is 13.7. The first kappa shape index (κ1) is 15.7. The first-order chi connectivity index (χ1) is 11.7. The summed E-state index contributed by atoms with van der Waals surface area (Å²) in [5.41, 5.74) is 8.86. The standard InChI is InChI=1S/C18H19N5O/c1-3-23(14-7-4-6-13(2)10-14)17-16(19)18(22-12-21-17)24-15-8-5-9-20-11-15/h4-12H,3,19H2,1-2H3. The van der Waals surface area contributed by atoms with E-state index in [1.807, 2.05) is 24.0 Å². The van der Waals surface area contributed by atoms with Crippen LogP contribution < -0.4 is 15.4 Å². The van der Waals surface area contributed by atoms with E-state index in [-0.39, 0.29) is 0 Å². The normalized spacial score (nSPS) is 10.4. The van der Waals surface area contributed by atoms with Gasteiger partial charge in [0.15, 0.2) is 5.82 Å². The van der Waals surface area contributed by atoms with Gasteiger partial charge in [0.2, 0.25) is 5.88 Å². The summed E-state index contributed by atoms with van der Waals surface area (Å²) >= 11 is 0. The Morgan fingerprint density at radius 2 is 2.04 bits per heavy atom. The van der Waals surface area contributed by atoms with Gasteiger partial charge in [-0.3, -0.25) is 4.98 Å². The molecule has 6 heteroatoms. The summed E-state index contributed by atoms with van der Waals surface area (Å²) in [6, 6.07) is 11.8. The Morgan fingerprint density at radius 3 is 2.75 bits per heavy atom. The number of pyridine rings is 1. The summed E-state index contributed by atoms with van der Waals surface area (Å²) < 4.78 is 5.74. The Balaban J connectivity index is 1.97. The second-order valence-electron chi connectivity index (χ2n) is 5.29. The summed E-state index contributed by atoms with van der Waals surface area (Å²) in [5, 5.41) is 0. The van der Waals surface area contributed by atoms with Gasteiger partial charge in [-0.05, 0) is 43.7 Å². The molecule has 0 spiro atoms. The van der Waals surface area contributed by atoms with Crippen LogP contribution in [0.5, 0.6) is 11.6 Å². The first-order valence-corrected chi connectivity index (χ1v) is 7.71. The highest BCUT2D eigenvalue weighted by Crippen LogP contribution is 2.34. The average Bonchev–Trinajstić information content (AvgIpc) is 2.60. The average molecular weight is 321 g/mol. The van der Waals surface area contributed by atoms with Gasteiger partial charge in [-0.2, -0.15) is 4.98 Å². The topological polar surface area (TPSA) is 77.2 Å². The molecule has 2 aromatic heterocycles. The van der Waals surface area contributed by atoms with Crippen LogP contribution in [0.4, 0.5) is 17.2 Å². The smallest absolute Gasteiger partial charge is 0.248 e. The summed E-state index contributed by atoms with van der Waals surface area (Å²) in [6.45, 7) is 4.82. The van der Waals surface area contributed by atoms with Gasteiger partial charge in [-0.15, -0.1) is 0 Å². The monoisotopic (exact) mass is 321 g/mol. The van der Waals surface area contributed by atoms with Gasteiger partial charge in [-0.25, -0.2) is 4.98 Å². The highest BCUT2D eigenvalue weighted by Gasteiger charge is 2.17. The number of aryl methyl sites for hydroxylation is 1. The maximum Gasteiger partial charge on any atom is 0.248 e. The maximum atomic E-state index is 6.27. The number of hydrogen-bond acceptors (Lipinski definition) is 6. The zero-order chi connectivity index (χ0) is 16.9. The Labute approximate surface area is 141 Å². The molecular formula is C18H19N5O. The molecule has 0 radical (unpaired) electrons. The van der Waals surface area contributed by atoms with Crippen LogP contribution in [-0.2, 0) is 0 Å². The van der Waals surface area contributed by atoms with Gasteiger partial charge in [0.1, 0.15) is 17.8 Å². The molecular weight excluding hydrogens is 302 g/mol. The number of anilines is 3. The quantitative estimate of drug-likeness (QED) is 0.772. The molecule has 0 saturated carbocycles. The van der Waals surface area contributed by atoms with E-state index in [1.54, 1.807) is 24.5 Å². The Bertz CT molecular complexity index is 823. The first-order valence-electron chi connectivity index (χ1n) is 7.71. The van der Waals surface area contributed by atoms with Crippen LogP contribution in [0.25, 0.3) is 0 Å². The van der Waals surface area contributed by atoms with Crippen molar-refractivity contribution in [1.82, 2.24) is 15.0 Å². The molecule has 0 unspecified atom stereocenters. The Kier molecular flexibility index (Phi) is 4.56. The summed E-state index contributed by atoms with van der Waals surface area (Å²) in [4.78, 5) is 14.6. The van der Waals surface area contributed by atoms with Crippen molar-refractivity contribution in [3.8, 4) is 11.6 Å². The van der Waals surface area contributed by atoms with Gasteiger partial charge < -0.3 is 15.4 Å². The van der Waals surface area contributed by atoms with E-state index in [4.69, 9.17) is 10.5 Å². The third kappa shape index (κ3) is 3.27. The largest absolute Gasteiger partial charge is 0.435 e. The minimum Gasteiger partial charge on any atom is -0.435 e. The molecule has 0 saturated heterocycles. The number of nitrogens with zero attached hydrogens (tertiary/aromatic N) is 4. The lowest BCUT2D eigenvalue weighted by Crippen LogP contribution is -2.19. The van der Waals surface area contributed by atoms with Crippen molar-refractivity contribution >= 4 is 17.2 Å². The molecule has 0 aliphatic carbocycles. The SMILES string of the molecule is CCN(c1cccc(C)c1)c1ncnc(Oc2cccnc2)c1N. The number of benzene rings is 1. The molecule has 0 aliphatic rings. The second kappa shape index (κ2) is 6.95. The zero-order valence-electron chi connectivity index (χ0n) is 13.7. The summed E-state index contributed by atoms with van der Waals surface area (Å²) in [6.07, 6.45) is 4.74. The lowest BCUT2D eigenvalue weighted by Gasteiger charge is -2.24. The van der Waals surface area contributed by atoms with Gasteiger partial charge in [0, 0.05) is 18.4 Å². The minimum absolute atomic E-state index is 0.319. The highest BCUT2D eigenvalue weighted by atomic mass is 16.5. The summed E-state index contributed by atoms with van der Waals surface area (Å²) in [7, 11) is 0. The molecule has 0 bridgehead atoms. The minimum atomic E-state index is 0.319. The van der Waals surface area contributed by atoms with Crippen molar-refractivity contribution < 1.29 is 4.74 Å². The summed E-state index contributed by atoms with van der Waals surface area (Å²) in [5.74, 6) is 1.52. The van der Waals surface area contributed by atoms with Crippen LogP contribution in [0, 0.1) is 6.92 Å². The van der Waals surface area contributed by atoms with Gasteiger partial charge in [0.25, 0.3) is 0 Å².